The minimum Gasteiger partial charge on any atom is -0.303 e. The first kappa shape index (κ1) is 7.19. The molecule has 0 spiro atoms. The van der Waals surface area contributed by atoms with Crippen LogP contribution in [0.3, 0.4) is 0 Å². The third-order valence-electron chi connectivity index (χ3n) is 1.66. The minimum atomic E-state index is -0.245. The fourth-order valence-electron chi connectivity index (χ4n) is 0.965. The number of hydrogen-bond donors (Lipinski definition) is 0. The van der Waals surface area contributed by atoms with Gasteiger partial charge in [-0.05, 0) is 18.1 Å². The van der Waals surface area contributed by atoms with Crippen molar-refractivity contribution in [1.29, 1.82) is 0 Å². The third-order valence-corrected chi connectivity index (χ3v) is 1.66. The second-order valence-corrected chi connectivity index (χ2v) is 2.48. The number of hydrogen-bond acceptors (Lipinski definition) is 1. The maximum atomic E-state index is 12.4. The van der Waals surface area contributed by atoms with E-state index < -0.39 is 0 Å². The zero-order valence-corrected chi connectivity index (χ0v) is 5.75. The van der Waals surface area contributed by atoms with Crippen LogP contribution in [-0.2, 0) is 4.79 Å². The average Bonchev–Trinajstić information content (AvgIpc) is 1.88. The van der Waals surface area contributed by atoms with E-state index in [0.717, 1.165) is 6.29 Å². The van der Waals surface area contributed by atoms with Crippen LogP contribution in [0.25, 0.3) is 0 Å². The largest absolute Gasteiger partial charge is 0.303 e. The summed E-state index contributed by atoms with van der Waals surface area (Å²) < 4.78 is 12.4. The molecule has 54 valence electrons. The number of rotatable bonds is 1. The van der Waals surface area contributed by atoms with Crippen LogP contribution in [0.2, 0.25) is 0 Å². The van der Waals surface area contributed by atoms with Crippen LogP contribution in [0.15, 0.2) is 24.1 Å². The molecule has 0 radical (unpaired) electrons. The highest BCUT2D eigenvalue weighted by Crippen LogP contribution is 2.20. The zero-order chi connectivity index (χ0) is 7.56. The Kier molecular flexibility index (Phi) is 2.00. The number of aldehydes is 1. The van der Waals surface area contributed by atoms with E-state index >= 15 is 0 Å². The first-order valence-corrected chi connectivity index (χ1v) is 3.25. The lowest BCUT2D eigenvalue weighted by atomic mass is 9.91. The summed E-state index contributed by atoms with van der Waals surface area (Å²) in [4.78, 5) is 10.3. The van der Waals surface area contributed by atoms with Crippen molar-refractivity contribution in [2.24, 2.45) is 11.8 Å². The van der Waals surface area contributed by atoms with Crippen LogP contribution >= 0.6 is 0 Å². The monoisotopic (exact) mass is 140 g/mol. The van der Waals surface area contributed by atoms with Gasteiger partial charge in [0.05, 0.1) is 0 Å². The van der Waals surface area contributed by atoms with E-state index in [2.05, 4.69) is 0 Å². The van der Waals surface area contributed by atoms with E-state index in [0.29, 0.717) is 0 Å². The van der Waals surface area contributed by atoms with Crippen LogP contribution in [0.4, 0.5) is 4.39 Å². The molecule has 2 atom stereocenters. The molecule has 0 aromatic heterocycles. The summed E-state index contributed by atoms with van der Waals surface area (Å²) in [6.45, 7) is 1.82. The molecule has 1 aliphatic carbocycles. The molecule has 0 amide bonds. The van der Waals surface area contributed by atoms with Crippen molar-refractivity contribution in [1.82, 2.24) is 0 Å². The van der Waals surface area contributed by atoms with Gasteiger partial charge in [0.2, 0.25) is 0 Å². The van der Waals surface area contributed by atoms with E-state index in [4.69, 9.17) is 0 Å². The van der Waals surface area contributed by atoms with Gasteiger partial charge in [0, 0.05) is 5.92 Å². The van der Waals surface area contributed by atoms with Gasteiger partial charge in [-0.25, -0.2) is 4.39 Å². The fraction of sp³-hybridized carbons (Fsp3) is 0.375. The van der Waals surface area contributed by atoms with Crippen LogP contribution in [0.5, 0.6) is 0 Å². The second kappa shape index (κ2) is 2.78. The van der Waals surface area contributed by atoms with Gasteiger partial charge in [0.25, 0.3) is 0 Å². The number of halogens is 1. The van der Waals surface area contributed by atoms with Gasteiger partial charge >= 0.3 is 0 Å². The molecule has 0 saturated heterocycles. The molecule has 0 saturated carbocycles. The zero-order valence-electron chi connectivity index (χ0n) is 5.75. The normalized spacial score (nSPS) is 31.6. The minimum absolute atomic E-state index is 0.00231. The van der Waals surface area contributed by atoms with Crippen LogP contribution in [-0.4, -0.2) is 6.29 Å². The van der Waals surface area contributed by atoms with E-state index in [1.165, 1.54) is 12.2 Å². The average molecular weight is 140 g/mol. The maximum absolute atomic E-state index is 12.4. The topological polar surface area (TPSA) is 17.1 Å². The summed E-state index contributed by atoms with van der Waals surface area (Å²) in [7, 11) is 0. The Labute approximate surface area is 59.2 Å². The summed E-state index contributed by atoms with van der Waals surface area (Å²) in [6.07, 6.45) is 5.22. The first-order chi connectivity index (χ1) is 4.74. The lowest BCUT2D eigenvalue weighted by molar-refractivity contribution is -0.110. The Balaban J connectivity index is 2.73. The van der Waals surface area contributed by atoms with Crippen LogP contribution in [0, 0.1) is 11.8 Å². The predicted molar refractivity (Wildman–Crippen MR) is 37.0 cm³/mol. The highest BCUT2D eigenvalue weighted by Gasteiger charge is 2.15. The van der Waals surface area contributed by atoms with Gasteiger partial charge in [-0.3, -0.25) is 0 Å². The molecule has 0 aliphatic heterocycles. The van der Waals surface area contributed by atoms with Crippen LogP contribution < -0.4 is 0 Å². The van der Waals surface area contributed by atoms with Gasteiger partial charge in [-0.1, -0.05) is 13.0 Å². The van der Waals surface area contributed by atoms with Crippen LogP contribution in [0.1, 0.15) is 6.92 Å². The Morgan fingerprint density at radius 1 is 1.70 bits per heavy atom. The molecule has 0 heterocycles. The quantitative estimate of drug-likeness (QED) is 0.508. The smallest absolute Gasteiger partial charge is 0.127 e. The Morgan fingerprint density at radius 3 is 2.90 bits per heavy atom. The van der Waals surface area contributed by atoms with Crippen molar-refractivity contribution in [3.05, 3.63) is 24.1 Å². The molecule has 10 heavy (non-hydrogen) atoms. The summed E-state index contributed by atoms with van der Waals surface area (Å²) in [5.41, 5.74) is 0. The van der Waals surface area contributed by atoms with E-state index in [-0.39, 0.29) is 17.7 Å². The molecule has 0 aromatic rings. The summed E-state index contributed by atoms with van der Waals surface area (Å²) in [5, 5.41) is 0. The molecular weight excluding hydrogens is 131 g/mol. The fourth-order valence-corrected chi connectivity index (χ4v) is 0.965. The molecule has 2 unspecified atom stereocenters. The number of carbonyl (C=O) groups excluding carboxylic acids is 1. The number of carbonyl (C=O) groups is 1. The summed E-state index contributed by atoms with van der Waals surface area (Å²) in [5.74, 6) is -0.382. The third kappa shape index (κ3) is 1.32. The molecule has 1 rings (SSSR count). The van der Waals surface area contributed by atoms with Gasteiger partial charge in [-0.2, -0.15) is 0 Å². The lowest BCUT2D eigenvalue weighted by Gasteiger charge is -2.13. The molecule has 0 bridgehead atoms. The predicted octanol–water partition coefficient (Wildman–Crippen LogP) is 1.86. The van der Waals surface area contributed by atoms with E-state index in [9.17, 15) is 9.18 Å². The molecule has 1 nitrogen and oxygen atoms in total. The van der Waals surface area contributed by atoms with Gasteiger partial charge in [0.15, 0.2) is 0 Å². The molecule has 2 heteroatoms. The standard InChI is InChI=1S/C8H9FO/c1-6-4-8(9)3-2-7(6)5-10/h2-7H,1H3. The van der Waals surface area contributed by atoms with Crippen molar-refractivity contribution in [2.45, 2.75) is 6.92 Å². The maximum Gasteiger partial charge on any atom is 0.127 e. The van der Waals surface area contributed by atoms with Gasteiger partial charge < -0.3 is 4.79 Å². The highest BCUT2D eigenvalue weighted by molar-refractivity contribution is 5.58. The number of allylic oxidation sites excluding steroid dienone is 4. The SMILES string of the molecule is CC1C=C(F)C=CC1C=O. The van der Waals surface area contributed by atoms with Gasteiger partial charge in [-0.15, -0.1) is 0 Å². The van der Waals surface area contributed by atoms with Crippen molar-refractivity contribution in [2.75, 3.05) is 0 Å². The van der Waals surface area contributed by atoms with Crippen molar-refractivity contribution < 1.29 is 9.18 Å². The first-order valence-electron chi connectivity index (χ1n) is 3.25. The summed E-state index contributed by atoms with van der Waals surface area (Å²) in [6, 6.07) is 0. The van der Waals surface area contributed by atoms with Crippen molar-refractivity contribution in [3.63, 3.8) is 0 Å². The van der Waals surface area contributed by atoms with Crippen molar-refractivity contribution >= 4 is 6.29 Å². The highest BCUT2D eigenvalue weighted by atomic mass is 19.1. The van der Waals surface area contributed by atoms with Gasteiger partial charge in [0.1, 0.15) is 12.1 Å². The Morgan fingerprint density at radius 2 is 2.40 bits per heavy atom. The second-order valence-electron chi connectivity index (χ2n) is 2.48. The van der Waals surface area contributed by atoms with E-state index in [1.54, 1.807) is 6.08 Å². The molecular formula is C8H9FO. The molecule has 0 aromatic carbocycles. The molecule has 0 N–H and O–H groups in total. The van der Waals surface area contributed by atoms with Crippen molar-refractivity contribution in [3.8, 4) is 0 Å². The lowest BCUT2D eigenvalue weighted by Crippen LogP contribution is -2.10. The molecule has 1 aliphatic rings. The Hall–Kier alpha value is -0.920. The summed E-state index contributed by atoms with van der Waals surface area (Å²) >= 11 is 0. The Bertz CT molecular complexity index is 193. The van der Waals surface area contributed by atoms with E-state index in [1.807, 2.05) is 6.92 Å². The molecule has 0 fully saturated rings.